The number of ether oxygens (including phenoxy) is 1. The third-order valence-electron chi connectivity index (χ3n) is 6.26. The Morgan fingerprint density at radius 3 is 2.30 bits per heavy atom. The molecule has 1 aromatic carbocycles. The number of sulfone groups is 1. The van der Waals surface area contributed by atoms with E-state index in [-0.39, 0.29) is 28.4 Å². The Labute approximate surface area is 215 Å². The molecule has 37 heavy (non-hydrogen) atoms. The normalized spacial score (nSPS) is 11.6. The molecule has 10 nitrogen and oxygen atoms in total. The molecule has 0 atom stereocenters. The summed E-state index contributed by atoms with van der Waals surface area (Å²) in [6.07, 6.45) is 4.47. The van der Waals surface area contributed by atoms with E-state index in [0.29, 0.717) is 22.4 Å². The molecular formula is C26H29N5O5S. The molecule has 11 heteroatoms. The Kier molecular flexibility index (Phi) is 6.68. The lowest BCUT2D eigenvalue weighted by Crippen LogP contribution is -2.16. The van der Waals surface area contributed by atoms with Crippen molar-refractivity contribution in [3.63, 3.8) is 0 Å². The lowest BCUT2D eigenvalue weighted by molar-refractivity contribution is 0.0718. The van der Waals surface area contributed by atoms with E-state index < -0.39 is 21.6 Å². The first-order valence-corrected chi connectivity index (χ1v) is 13.4. The number of rotatable bonds is 7. The van der Waals surface area contributed by atoms with Crippen LogP contribution in [-0.4, -0.2) is 50.6 Å². The summed E-state index contributed by atoms with van der Waals surface area (Å²) >= 11 is 0. The Balaban J connectivity index is 1.81. The second-order valence-corrected chi connectivity index (χ2v) is 11.2. The Bertz CT molecular complexity index is 1660. The summed E-state index contributed by atoms with van der Waals surface area (Å²) in [6.45, 7) is 7.29. The molecule has 4 rings (SSSR count). The average Bonchev–Trinajstić information content (AvgIpc) is 3.45. The van der Waals surface area contributed by atoms with Crippen LogP contribution in [0.5, 0.6) is 5.88 Å². The van der Waals surface area contributed by atoms with Crippen LogP contribution in [0.15, 0.2) is 41.6 Å². The molecule has 0 unspecified atom stereocenters. The molecule has 4 aromatic rings. The van der Waals surface area contributed by atoms with Crippen molar-refractivity contribution in [1.29, 1.82) is 0 Å². The van der Waals surface area contributed by atoms with Crippen LogP contribution < -0.4 is 4.74 Å². The monoisotopic (exact) mass is 523 g/mol. The summed E-state index contributed by atoms with van der Waals surface area (Å²) in [5, 5.41) is 8.77. The first-order chi connectivity index (χ1) is 17.3. The van der Waals surface area contributed by atoms with Crippen molar-refractivity contribution in [2.24, 2.45) is 14.1 Å². The highest BCUT2D eigenvalue weighted by Gasteiger charge is 2.28. The van der Waals surface area contributed by atoms with Gasteiger partial charge in [-0.25, -0.2) is 17.9 Å². The van der Waals surface area contributed by atoms with Crippen molar-refractivity contribution >= 4 is 21.6 Å². The number of carbonyl (C=O) groups is 2. The molecule has 0 aliphatic rings. The molecule has 0 spiro atoms. The molecule has 0 N–H and O–H groups in total. The van der Waals surface area contributed by atoms with Gasteiger partial charge in [0.25, 0.3) is 0 Å². The van der Waals surface area contributed by atoms with Crippen LogP contribution in [0.25, 0.3) is 0 Å². The molecule has 3 heterocycles. The number of hydrogen-bond donors (Lipinski definition) is 0. The number of nitrogens with zero attached hydrogens (tertiary/aromatic N) is 5. The second kappa shape index (κ2) is 9.47. The van der Waals surface area contributed by atoms with Gasteiger partial charge in [-0.2, -0.15) is 10.2 Å². The quantitative estimate of drug-likeness (QED) is 0.270. The number of esters is 1. The SMILES string of the molecule is Cc1cc(C)n(Cc2c(S(C)(=O)=O)ccc(C(=O)c3c(C)nn(C)c3OC(=O)c3ccn(C)c3)c2C)n1. The van der Waals surface area contributed by atoms with Crippen molar-refractivity contribution in [2.45, 2.75) is 39.1 Å². The van der Waals surface area contributed by atoms with E-state index in [0.717, 1.165) is 17.6 Å². The summed E-state index contributed by atoms with van der Waals surface area (Å²) in [4.78, 5) is 26.7. The molecule has 0 aliphatic heterocycles. The van der Waals surface area contributed by atoms with Crippen molar-refractivity contribution in [2.75, 3.05) is 6.26 Å². The largest absolute Gasteiger partial charge is 0.403 e. The number of aromatic nitrogens is 5. The third-order valence-corrected chi connectivity index (χ3v) is 7.45. The van der Waals surface area contributed by atoms with E-state index in [1.54, 1.807) is 55.7 Å². The first kappa shape index (κ1) is 26.1. The highest BCUT2D eigenvalue weighted by Crippen LogP contribution is 2.30. The maximum absolute atomic E-state index is 13.9. The molecule has 0 bridgehead atoms. The standard InChI is InChI=1S/C26H29N5O5S/c1-15-12-16(2)31(27-15)14-21-17(3)20(8-9-22(21)37(7,34)35)24(32)23-18(4)28-30(6)25(23)36-26(33)19-10-11-29(5)13-19/h8-13H,14H2,1-7H3. The van der Waals surface area contributed by atoms with Crippen LogP contribution in [0.3, 0.4) is 0 Å². The fourth-order valence-corrected chi connectivity index (χ4v) is 5.41. The van der Waals surface area contributed by atoms with Gasteiger partial charge in [0.2, 0.25) is 11.7 Å². The average molecular weight is 524 g/mol. The Morgan fingerprint density at radius 2 is 1.73 bits per heavy atom. The highest BCUT2D eigenvalue weighted by atomic mass is 32.2. The van der Waals surface area contributed by atoms with Crippen molar-refractivity contribution in [3.05, 3.63) is 81.6 Å². The maximum Gasteiger partial charge on any atom is 0.346 e. The minimum Gasteiger partial charge on any atom is -0.403 e. The molecule has 194 valence electrons. The van der Waals surface area contributed by atoms with Gasteiger partial charge in [0.15, 0.2) is 9.84 Å². The lowest BCUT2D eigenvalue weighted by atomic mass is 9.95. The van der Waals surface area contributed by atoms with Gasteiger partial charge in [-0.15, -0.1) is 0 Å². The van der Waals surface area contributed by atoms with Crippen LogP contribution in [0.1, 0.15) is 54.5 Å². The first-order valence-electron chi connectivity index (χ1n) is 11.5. The van der Waals surface area contributed by atoms with Crippen LogP contribution in [0.4, 0.5) is 0 Å². The van der Waals surface area contributed by atoms with Gasteiger partial charge < -0.3 is 9.30 Å². The Morgan fingerprint density at radius 1 is 1.03 bits per heavy atom. The van der Waals surface area contributed by atoms with E-state index in [4.69, 9.17) is 4.74 Å². The molecule has 0 saturated heterocycles. The second-order valence-electron chi connectivity index (χ2n) is 9.25. The van der Waals surface area contributed by atoms with Crippen molar-refractivity contribution in [3.8, 4) is 5.88 Å². The van der Waals surface area contributed by atoms with E-state index in [2.05, 4.69) is 10.2 Å². The van der Waals surface area contributed by atoms with Gasteiger partial charge in [-0.05, 0) is 63.1 Å². The van der Waals surface area contributed by atoms with Gasteiger partial charge in [-0.1, -0.05) is 0 Å². The van der Waals surface area contributed by atoms with Crippen LogP contribution in [-0.2, 0) is 30.5 Å². The number of aryl methyl sites for hydroxylation is 5. The molecular weight excluding hydrogens is 494 g/mol. The fourth-order valence-electron chi connectivity index (χ4n) is 4.43. The lowest BCUT2D eigenvalue weighted by Gasteiger charge is -2.16. The van der Waals surface area contributed by atoms with Gasteiger partial charge in [0, 0.05) is 44.0 Å². The van der Waals surface area contributed by atoms with Gasteiger partial charge in [0.1, 0.15) is 5.56 Å². The van der Waals surface area contributed by atoms with Crippen LogP contribution in [0.2, 0.25) is 0 Å². The van der Waals surface area contributed by atoms with E-state index in [1.165, 1.54) is 16.8 Å². The summed E-state index contributed by atoms with van der Waals surface area (Å²) in [6, 6.07) is 6.45. The van der Waals surface area contributed by atoms with E-state index >= 15 is 0 Å². The predicted octanol–water partition coefficient (Wildman–Crippen LogP) is 3.09. The topological polar surface area (TPSA) is 118 Å². The summed E-state index contributed by atoms with van der Waals surface area (Å²) in [5.41, 5.74) is 3.80. The minimum atomic E-state index is -3.59. The zero-order valence-electron chi connectivity index (χ0n) is 21.9. The van der Waals surface area contributed by atoms with Crippen molar-refractivity contribution < 1.29 is 22.7 Å². The number of carbonyl (C=O) groups excluding carboxylic acids is 2. The zero-order chi connectivity index (χ0) is 27.2. The number of hydrogen-bond acceptors (Lipinski definition) is 7. The maximum atomic E-state index is 13.9. The smallest absolute Gasteiger partial charge is 0.346 e. The molecule has 0 radical (unpaired) electrons. The molecule has 0 saturated carbocycles. The number of ketones is 1. The summed E-state index contributed by atoms with van der Waals surface area (Å²) in [7, 11) is -0.213. The Hall–Kier alpha value is -3.99. The summed E-state index contributed by atoms with van der Waals surface area (Å²) in [5.74, 6) is -1.02. The zero-order valence-corrected chi connectivity index (χ0v) is 22.7. The highest BCUT2D eigenvalue weighted by molar-refractivity contribution is 7.90. The van der Waals surface area contributed by atoms with E-state index in [9.17, 15) is 18.0 Å². The van der Waals surface area contributed by atoms with Crippen LogP contribution in [0, 0.1) is 27.7 Å². The molecule has 0 aliphatic carbocycles. The summed E-state index contributed by atoms with van der Waals surface area (Å²) < 4.78 is 35.6. The van der Waals surface area contributed by atoms with Crippen molar-refractivity contribution in [1.82, 2.24) is 24.1 Å². The number of benzene rings is 1. The van der Waals surface area contributed by atoms with E-state index in [1.807, 2.05) is 19.9 Å². The van der Waals surface area contributed by atoms with Gasteiger partial charge >= 0.3 is 5.97 Å². The fraction of sp³-hybridized carbons (Fsp3) is 0.308. The molecule has 0 fully saturated rings. The molecule has 0 amide bonds. The van der Waals surface area contributed by atoms with Gasteiger partial charge in [0.05, 0.1) is 28.4 Å². The molecule has 3 aromatic heterocycles. The van der Waals surface area contributed by atoms with Gasteiger partial charge in [-0.3, -0.25) is 9.48 Å². The third kappa shape index (κ3) is 4.99. The minimum absolute atomic E-state index is 0.0167. The predicted molar refractivity (Wildman–Crippen MR) is 137 cm³/mol. The van der Waals surface area contributed by atoms with Crippen LogP contribution >= 0.6 is 0 Å².